The summed E-state index contributed by atoms with van der Waals surface area (Å²) in [6.45, 7) is 0.0312. The Bertz CT molecular complexity index is 1640. The van der Waals surface area contributed by atoms with E-state index in [1.165, 1.54) is 17.0 Å². The third-order valence-electron chi connectivity index (χ3n) is 5.65. The molecule has 1 aromatic heterocycles. The lowest BCUT2D eigenvalue weighted by Crippen LogP contribution is -2.31. The molecule has 0 atom stereocenters. The number of thioether (sulfide) groups is 1. The summed E-state index contributed by atoms with van der Waals surface area (Å²) in [5, 5.41) is 0. The normalized spacial score (nSPS) is 14.5. The highest BCUT2D eigenvalue weighted by molar-refractivity contribution is 8.26. The van der Waals surface area contributed by atoms with E-state index in [0.717, 1.165) is 23.1 Å². The van der Waals surface area contributed by atoms with Crippen LogP contribution in [0.1, 0.15) is 12.0 Å². The van der Waals surface area contributed by atoms with Gasteiger partial charge in [-0.2, -0.15) is 0 Å². The summed E-state index contributed by atoms with van der Waals surface area (Å²) < 4.78 is 30.2. The molecule has 5 rings (SSSR count). The highest BCUT2D eigenvalue weighted by atomic mass is 32.2. The number of methoxy groups -OCH3 is 1. The summed E-state index contributed by atoms with van der Waals surface area (Å²) in [6, 6.07) is 16.0. The Kier molecular flexibility index (Phi) is 7.41. The quantitative estimate of drug-likeness (QED) is 0.119. The second-order valence-corrected chi connectivity index (χ2v) is 10.7. The van der Waals surface area contributed by atoms with Gasteiger partial charge in [0.1, 0.15) is 27.2 Å². The lowest BCUT2D eigenvalue weighted by atomic mass is 10.0. The first-order chi connectivity index (χ1) is 18.3. The summed E-state index contributed by atoms with van der Waals surface area (Å²) in [7, 11) is 1.56. The van der Waals surface area contributed by atoms with Crippen molar-refractivity contribution in [2.75, 3.05) is 13.7 Å². The van der Waals surface area contributed by atoms with Gasteiger partial charge in [-0.3, -0.25) is 14.5 Å². The zero-order valence-corrected chi connectivity index (χ0v) is 22.2. The van der Waals surface area contributed by atoms with Crippen LogP contribution in [0.25, 0.3) is 27.5 Å². The van der Waals surface area contributed by atoms with Crippen molar-refractivity contribution in [2.24, 2.45) is 0 Å². The lowest BCUT2D eigenvalue weighted by molar-refractivity contribution is -0.134. The fourth-order valence-electron chi connectivity index (χ4n) is 3.82. The van der Waals surface area contributed by atoms with Gasteiger partial charge in [0.05, 0.1) is 23.1 Å². The van der Waals surface area contributed by atoms with Crippen LogP contribution in [0, 0.1) is 5.82 Å². The molecular weight excluding hydrogens is 549 g/mol. The summed E-state index contributed by atoms with van der Waals surface area (Å²) in [5.74, 6) is -0.375. The van der Waals surface area contributed by atoms with E-state index in [-0.39, 0.29) is 30.4 Å². The molecule has 1 aliphatic heterocycles. The SMILES string of the molecule is COc1ccc(-c2c(OC(=O)CCN3C(=O)C(=Cc4ccc(F)cc4)SC3=S)ccc3oc(=O)sc23)cc1. The zero-order valence-electron chi connectivity index (χ0n) is 19.8. The van der Waals surface area contributed by atoms with E-state index in [9.17, 15) is 18.8 Å². The maximum atomic E-state index is 13.2. The molecule has 192 valence electrons. The monoisotopic (exact) mass is 567 g/mol. The minimum Gasteiger partial charge on any atom is -0.497 e. The van der Waals surface area contributed by atoms with Crippen molar-refractivity contribution in [3.63, 3.8) is 0 Å². The molecule has 4 aromatic rings. The van der Waals surface area contributed by atoms with E-state index in [2.05, 4.69) is 0 Å². The number of ether oxygens (including phenoxy) is 2. The molecule has 0 unspecified atom stereocenters. The second kappa shape index (κ2) is 10.9. The number of esters is 1. The topological polar surface area (TPSA) is 86.1 Å². The summed E-state index contributed by atoms with van der Waals surface area (Å²) in [6.07, 6.45) is 1.52. The molecule has 1 amide bonds. The molecule has 1 saturated heterocycles. The number of rotatable bonds is 7. The van der Waals surface area contributed by atoms with Crippen molar-refractivity contribution in [3.8, 4) is 22.6 Å². The molecule has 0 saturated carbocycles. The lowest BCUT2D eigenvalue weighted by Gasteiger charge is -2.15. The van der Waals surface area contributed by atoms with Gasteiger partial charge in [-0.25, -0.2) is 9.18 Å². The van der Waals surface area contributed by atoms with Crippen LogP contribution < -0.4 is 14.4 Å². The average molecular weight is 568 g/mol. The van der Waals surface area contributed by atoms with Gasteiger partial charge in [0.2, 0.25) is 0 Å². The number of carbonyl (C=O) groups is 2. The van der Waals surface area contributed by atoms with Gasteiger partial charge in [0.15, 0.2) is 0 Å². The number of hydrogen-bond acceptors (Lipinski definition) is 9. The van der Waals surface area contributed by atoms with Crippen molar-refractivity contribution >= 4 is 67.9 Å². The Labute approximate surface area is 229 Å². The molecule has 0 N–H and O–H groups in total. The molecule has 0 aliphatic carbocycles. The van der Waals surface area contributed by atoms with E-state index < -0.39 is 10.9 Å². The maximum Gasteiger partial charge on any atom is 0.396 e. The number of carbonyl (C=O) groups excluding carboxylic acids is 2. The fourth-order valence-corrected chi connectivity index (χ4v) is 5.95. The van der Waals surface area contributed by atoms with Gasteiger partial charge in [-0.15, -0.1) is 0 Å². The van der Waals surface area contributed by atoms with E-state index in [4.69, 9.17) is 26.1 Å². The number of hydrogen-bond donors (Lipinski definition) is 0. The molecule has 1 fully saturated rings. The van der Waals surface area contributed by atoms with Gasteiger partial charge in [0.25, 0.3) is 5.91 Å². The molecule has 2 heterocycles. The van der Waals surface area contributed by atoms with Gasteiger partial charge in [-0.1, -0.05) is 59.6 Å². The first-order valence-electron chi connectivity index (χ1n) is 11.2. The Balaban J connectivity index is 1.33. The van der Waals surface area contributed by atoms with E-state index >= 15 is 0 Å². The van der Waals surface area contributed by atoms with Crippen molar-refractivity contribution in [1.29, 1.82) is 0 Å². The Morgan fingerprint density at radius 1 is 1.08 bits per heavy atom. The highest BCUT2D eigenvalue weighted by Gasteiger charge is 2.32. The van der Waals surface area contributed by atoms with Gasteiger partial charge < -0.3 is 13.9 Å². The van der Waals surface area contributed by atoms with Crippen LogP contribution in [0.3, 0.4) is 0 Å². The number of nitrogens with zero attached hydrogens (tertiary/aromatic N) is 1. The van der Waals surface area contributed by atoms with Gasteiger partial charge in [0, 0.05) is 12.1 Å². The molecule has 0 radical (unpaired) electrons. The maximum absolute atomic E-state index is 13.2. The van der Waals surface area contributed by atoms with Crippen LogP contribution in [0.4, 0.5) is 4.39 Å². The van der Waals surface area contributed by atoms with Crippen molar-refractivity contribution in [3.05, 3.63) is 86.7 Å². The first-order valence-corrected chi connectivity index (χ1v) is 13.3. The first kappa shape index (κ1) is 25.8. The summed E-state index contributed by atoms with van der Waals surface area (Å²) in [5.41, 5.74) is 2.30. The third kappa shape index (κ3) is 5.40. The standard InChI is InChI=1S/C27H18FNO6S3/c1-33-18-8-4-16(5-9-18)23-19(10-11-20-24(23)38-27(32)35-20)34-22(30)12-13-29-25(31)21(37-26(29)36)14-15-2-6-17(28)7-3-15/h2-11,14H,12-13H2,1H3. The number of benzene rings is 3. The Morgan fingerprint density at radius 2 is 1.82 bits per heavy atom. The van der Waals surface area contributed by atoms with E-state index in [1.807, 2.05) is 0 Å². The van der Waals surface area contributed by atoms with Crippen molar-refractivity contribution in [1.82, 2.24) is 4.90 Å². The minimum absolute atomic E-state index is 0.0312. The molecule has 38 heavy (non-hydrogen) atoms. The van der Waals surface area contributed by atoms with Crippen LogP contribution in [0.5, 0.6) is 11.5 Å². The minimum atomic E-state index is -0.577. The highest BCUT2D eigenvalue weighted by Crippen LogP contribution is 2.39. The molecule has 11 heteroatoms. The van der Waals surface area contributed by atoms with E-state index in [1.54, 1.807) is 61.7 Å². The van der Waals surface area contributed by atoms with Gasteiger partial charge >= 0.3 is 10.9 Å². The van der Waals surface area contributed by atoms with Crippen molar-refractivity contribution < 1.29 is 27.9 Å². The number of thiocarbonyl (C=S) groups is 1. The molecule has 0 bridgehead atoms. The Hall–Kier alpha value is -3.80. The predicted molar refractivity (Wildman–Crippen MR) is 149 cm³/mol. The molecule has 7 nitrogen and oxygen atoms in total. The van der Waals surface area contributed by atoms with Crippen LogP contribution in [-0.2, 0) is 9.59 Å². The van der Waals surface area contributed by atoms with Crippen LogP contribution >= 0.6 is 35.3 Å². The Morgan fingerprint density at radius 3 is 2.53 bits per heavy atom. The molecular formula is C27H18FNO6S3. The van der Waals surface area contributed by atoms with Crippen LogP contribution in [0.2, 0.25) is 0 Å². The predicted octanol–water partition coefficient (Wildman–Crippen LogP) is 5.87. The third-order valence-corrected chi connectivity index (χ3v) is 7.88. The van der Waals surface area contributed by atoms with Gasteiger partial charge in [-0.05, 0) is 53.6 Å². The molecule has 3 aromatic carbocycles. The van der Waals surface area contributed by atoms with E-state index in [0.29, 0.717) is 41.9 Å². The molecule has 1 aliphatic rings. The van der Waals surface area contributed by atoms with Crippen LogP contribution in [-0.4, -0.2) is 34.8 Å². The summed E-state index contributed by atoms with van der Waals surface area (Å²) >= 11 is 7.37. The zero-order chi connectivity index (χ0) is 26.8. The number of amides is 1. The molecule has 0 spiro atoms. The largest absolute Gasteiger partial charge is 0.497 e. The fraction of sp³-hybridized carbons (Fsp3) is 0.111. The summed E-state index contributed by atoms with van der Waals surface area (Å²) in [4.78, 5) is 38.9. The number of halogens is 1. The number of fused-ring (bicyclic) bond motifs is 1. The van der Waals surface area contributed by atoms with Crippen molar-refractivity contribution in [2.45, 2.75) is 6.42 Å². The second-order valence-electron chi connectivity index (χ2n) is 8.06. The smallest absolute Gasteiger partial charge is 0.396 e. The average Bonchev–Trinajstić information content (AvgIpc) is 3.41. The van der Waals surface area contributed by atoms with Crippen LogP contribution in [0.15, 0.2) is 74.8 Å².